The minimum atomic E-state index is -1.26. The summed E-state index contributed by atoms with van der Waals surface area (Å²) in [6, 6.07) is 1.69. The van der Waals surface area contributed by atoms with Crippen LogP contribution in [0.3, 0.4) is 0 Å². The minimum absolute atomic E-state index is 1.05. The Kier molecular flexibility index (Phi) is 0.438. The molecule has 0 aromatic carbocycles. The van der Waals surface area contributed by atoms with Crippen LogP contribution in [0.1, 0.15) is 0 Å². The maximum atomic E-state index is 8.07. The zero-order valence-electron chi connectivity index (χ0n) is 3.12. The van der Waals surface area contributed by atoms with E-state index in [-0.39, 0.29) is 0 Å². The molecule has 0 spiro atoms. The van der Waals surface area contributed by atoms with E-state index in [9.17, 15) is 0 Å². The maximum Gasteiger partial charge on any atom is 0.398 e. The standard InChI is InChI=1S/C2NO3P/c3-1-2-4-7(5-2)6-2. The fraction of sp³-hybridized carbons (Fsp3) is 0.500. The highest BCUT2D eigenvalue weighted by molar-refractivity contribution is 7.45. The summed E-state index contributed by atoms with van der Waals surface area (Å²) in [5.74, 6) is -1.26. The maximum absolute atomic E-state index is 8.07. The van der Waals surface area contributed by atoms with Crippen molar-refractivity contribution in [2.75, 3.05) is 0 Å². The lowest BCUT2D eigenvalue weighted by atomic mass is 10.6. The van der Waals surface area contributed by atoms with Crippen molar-refractivity contribution < 1.29 is 13.6 Å². The molecule has 7 heavy (non-hydrogen) atoms. The first kappa shape index (κ1) is 3.76. The molecule has 0 amide bonds. The van der Waals surface area contributed by atoms with Gasteiger partial charge >= 0.3 is 14.6 Å². The van der Waals surface area contributed by atoms with Crippen LogP contribution in [0.2, 0.25) is 0 Å². The molecule has 3 rings (SSSR count). The molecule has 3 fully saturated rings. The third-order valence-electron chi connectivity index (χ3n) is 0.721. The van der Waals surface area contributed by atoms with E-state index in [1.54, 1.807) is 6.07 Å². The van der Waals surface area contributed by atoms with Gasteiger partial charge in [0, 0.05) is 0 Å². The summed E-state index contributed by atoms with van der Waals surface area (Å²) in [5, 5.41) is 8.07. The summed E-state index contributed by atoms with van der Waals surface area (Å²) >= 11 is 0. The normalized spacial score (nSPS) is 53.9. The molecule has 4 nitrogen and oxygen atoms in total. The first-order valence-electron chi connectivity index (χ1n) is 1.63. The second kappa shape index (κ2) is 0.816. The fourth-order valence-corrected chi connectivity index (χ4v) is 1.13. The zero-order valence-corrected chi connectivity index (χ0v) is 4.01. The van der Waals surface area contributed by atoms with Crippen molar-refractivity contribution in [2.24, 2.45) is 0 Å². The van der Waals surface area contributed by atoms with Crippen molar-refractivity contribution in [3.8, 4) is 6.07 Å². The van der Waals surface area contributed by atoms with Crippen LogP contribution in [-0.4, -0.2) is 5.97 Å². The van der Waals surface area contributed by atoms with Crippen LogP contribution >= 0.6 is 8.60 Å². The summed E-state index contributed by atoms with van der Waals surface area (Å²) in [6.07, 6.45) is 0. The molecule has 36 valence electrons. The lowest BCUT2D eigenvalue weighted by Crippen LogP contribution is -2.53. The first-order valence-corrected chi connectivity index (χ1v) is 2.73. The van der Waals surface area contributed by atoms with Gasteiger partial charge < -0.3 is 0 Å². The van der Waals surface area contributed by atoms with Gasteiger partial charge in [0.1, 0.15) is 0 Å². The van der Waals surface area contributed by atoms with Gasteiger partial charge in [-0.2, -0.15) is 5.26 Å². The third kappa shape index (κ3) is 0.264. The quantitative estimate of drug-likeness (QED) is 0.432. The van der Waals surface area contributed by atoms with Gasteiger partial charge in [-0.15, -0.1) is 0 Å². The van der Waals surface area contributed by atoms with Crippen LogP contribution in [0.4, 0.5) is 0 Å². The topological polar surface area (TPSA) is 51.5 Å². The van der Waals surface area contributed by atoms with Crippen molar-refractivity contribution in [3.05, 3.63) is 0 Å². The summed E-state index contributed by atoms with van der Waals surface area (Å²) in [4.78, 5) is 0. The average molecular weight is 117 g/mol. The number of hydrogen-bond donors (Lipinski definition) is 0. The predicted molar refractivity (Wildman–Crippen MR) is 18.5 cm³/mol. The SMILES string of the molecule is N#CC12OP(O1)O2. The number of hydrogen-bond acceptors (Lipinski definition) is 4. The molecule has 0 radical (unpaired) electrons. The van der Waals surface area contributed by atoms with Crippen LogP contribution in [-0.2, 0) is 13.6 Å². The fourth-order valence-electron chi connectivity index (χ4n) is 0.376. The molecular formula is C2NO3P. The van der Waals surface area contributed by atoms with Crippen molar-refractivity contribution in [1.82, 2.24) is 0 Å². The second-order valence-electron chi connectivity index (χ2n) is 1.17. The summed E-state index contributed by atoms with van der Waals surface area (Å²) in [7, 11) is -1.05. The van der Waals surface area contributed by atoms with E-state index in [4.69, 9.17) is 5.26 Å². The largest absolute Gasteiger partial charge is 0.398 e. The van der Waals surface area contributed by atoms with Crippen molar-refractivity contribution in [2.45, 2.75) is 5.97 Å². The van der Waals surface area contributed by atoms with E-state index >= 15 is 0 Å². The molecule has 5 heteroatoms. The van der Waals surface area contributed by atoms with Crippen LogP contribution in [0.25, 0.3) is 0 Å². The van der Waals surface area contributed by atoms with Crippen LogP contribution < -0.4 is 0 Å². The van der Waals surface area contributed by atoms with Gasteiger partial charge in [0.25, 0.3) is 0 Å². The molecule has 0 unspecified atom stereocenters. The van der Waals surface area contributed by atoms with E-state index in [1.807, 2.05) is 0 Å². The monoisotopic (exact) mass is 117 g/mol. The molecule has 0 saturated carbocycles. The number of rotatable bonds is 0. The lowest BCUT2D eigenvalue weighted by molar-refractivity contribution is -0.373. The van der Waals surface area contributed by atoms with Crippen LogP contribution in [0.5, 0.6) is 0 Å². The Hall–Kier alpha value is -0.200. The van der Waals surface area contributed by atoms with E-state index in [1.165, 1.54) is 0 Å². The second-order valence-corrected chi connectivity index (χ2v) is 2.16. The highest BCUT2D eigenvalue weighted by atomic mass is 31.2. The Morgan fingerprint density at radius 3 is 2.00 bits per heavy atom. The number of nitriles is 1. The highest BCUT2D eigenvalue weighted by Crippen LogP contribution is 2.72. The zero-order chi connectivity index (χ0) is 4.91. The number of nitrogens with zero attached hydrogens (tertiary/aromatic N) is 1. The summed E-state index contributed by atoms with van der Waals surface area (Å²) in [6.45, 7) is 0. The van der Waals surface area contributed by atoms with Crippen LogP contribution in [0.15, 0.2) is 0 Å². The summed E-state index contributed by atoms with van der Waals surface area (Å²) in [5.41, 5.74) is 0. The molecule has 3 heterocycles. The Bertz CT molecular complexity index is 134. The third-order valence-corrected chi connectivity index (χ3v) is 1.89. The van der Waals surface area contributed by atoms with E-state index in [0.717, 1.165) is 0 Å². The molecular weight excluding hydrogens is 117 g/mol. The van der Waals surface area contributed by atoms with Crippen molar-refractivity contribution in [3.63, 3.8) is 0 Å². The molecule has 0 aromatic rings. The smallest absolute Gasteiger partial charge is 0.240 e. The molecule has 0 atom stereocenters. The van der Waals surface area contributed by atoms with Gasteiger partial charge in [-0.05, 0) is 0 Å². The Morgan fingerprint density at radius 1 is 1.43 bits per heavy atom. The Labute approximate surface area is 40.6 Å². The average Bonchev–Trinajstić information content (AvgIpc) is 1.25. The first-order chi connectivity index (χ1) is 3.35. The predicted octanol–water partition coefficient (Wildman–Crippen LogP) is 0.468. The van der Waals surface area contributed by atoms with Gasteiger partial charge in [0.05, 0.1) is 0 Å². The molecule has 0 aromatic heterocycles. The molecule has 2 bridgehead atoms. The van der Waals surface area contributed by atoms with Crippen molar-refractivity contribution >= 4 is 8.60 Å². The van der Waals surface area contributed by atoms with Crippen LogP contribution in [0, 0.1) is 11.3 Å². The Balaban J connectivity index is 2.20. The highest BCUT2D eigenvalue weighted by Gasteiger charge is 2.67. The Morgan fingerprint density at radius 2 is 2.00 bits per heavy atom. The van der Waals surface area contributed by atoms with Crippen molar-refractivity contribution in [1.29, 1.82) is 5.26 Å². The summed E-state index contributed by atoms with van der Waals surface area (Å²) < 4.78 is 13.9. The molecule has 3 aliphatic heterocycles. The van der Waals surface area contributed by atoms with E-state index in [0.29, 0.717) is 0 Å². The molecule has 0 aliphatic carbocycles. The van der Waals surface area contributed by atoms with E-state index < -0.39 is 14.6 Å². The molecule has 3 aliphatic rings. The van der Waals surface area contributed by atoms with Gasteiger partial charge in [-0.25, -0.2) is 13.6 Å². The van der Waals surface area contributed by atoms with Gasteiger partial charge in [-0.1, -0.05) is 0 Å². The molecule has 0 N–H and O–H groups in total. The van der Waals surface area contributed by atoms with Gasteiger partial charge in [-0.3, -0.25) is 0 Å². The van der Waals surface area contributed by atoms with E-state index in [2.05, 4.69) is 13.6 Å². The minimum Gasteiger partial charge on any atom is -0.240 e. The molecule has 3 saturated heterocycles. The van der Waals surface area contributed by atoms with Gasteiger partial charge in [0.15, 0.2) is 6.07 Å². The lowest BCUT2D eigenvalue weighted by Gasteiger charge is -2.49. The van der Waals surface area contributed by atoms with Gasteiger partial charge in [0.2, 0.25) is 0 Å².